The van der Waals surface area contributed by atoms with Crippen molar-refractivity contribution in [3.05, 3.63) is 24.3 Å². The zero-order chi connectivity index (χ0) is 16.4. The largest absolute Gasteiger partial charge is 0.352 e. The molecular weight excluding hydrogens is 292 g/mol. The van der Waals surface area contributed by atoms with Crippen LogP contribution >= 0.6 is 0 Å². The first-order valence-electron chi connectivity index (χ1n) is 8.41. The van der Waals surface area contributed by atoms with Gasteiger partial charge in [-0.2, -0.15) is 0 Å². The number of piperidine rings is 1. The molecule has 3 rings (SSSR count). The summed E-state index contributed by atoms with van der Waals surface area (Å²) in [4.78, 5) is 35.0. The summed E-state index contributed by atoms with van der Waals surface area (Å²) in [5, 5.41) is 2.98. The standard InChI is InChI=1S/C17H24N4O2/c1-11(2)20-17(23)16-13-4-5-14(7-13)21(16)15(22)6-3-12-8-18-10-19-9-12/h8-11,13-14,16H,3-7H2,1-2H3,(H,20,23)/t13?,14?,16-/m0/s1. The highest BCUT2D eigenvalue weighted by molar-refractivity contribution is 5.89. The molecule has 1 N–H and O–H groups in total. The van der Waals surface area contributed by atoms with E-state index in [9.17, 15) is 9.59 Å². The van der Waals surface area contributed by atoms with Gasteiger partial charge in [-0.25, -0.2) is 9.97 Å². The Balaban J connectivity index is 1.66. The Morgan fingerprint density at radius 3 is 2.74 bits per heavy atom. The van der Waals surface area contributed by atoms with Crippen LogP contribution in [0.5, 0.6) is 0 Å². The van der Waals surface area contributed by atoms with Crippen molar-refractivity contribution in [3.63, 3.8) is 0 Å². The quantitative estimate of drug-likeness (QED) is 0.889. The number of likely N-dealkylation sites (tertiary alicyclic amines) is 1. The van der Waals surface area contributed by atoms with E-state index >= 15 is 0 Å². The minimum absolute atomic E-state index is 0.00333. The highest BCUT2D eigenvalue weighted by Gasteiger charge is 2.50. The zero-order valence-corrected chi connectivity index (χ0v) is 13.7. The SMILES string of the molecule is CC(C)NC(=O)[C@@H]1C2CCC(C2)N1C(=O)CCc1cncnc1. The van der Waals surface area contributed by atoms with E-state index in [0.29, 0.717) is 18.8 Å². The Hall–Kier alpha value is -1.98. The van der Waals surface area contributed by atoms with Crippen LogP contribution in [0.25, 0.3) is 0 Å². The van der Waals surface area contributed by atoms with Crippen LogP contribution in [0.1, 0.15) is 45.1 Å². The van der Waals surface area contributed by atoms with Crippen LogP contribution in [0.2, 0.25) is 0 Å². The maximum absolute atomic E-state index is 12.7. The number of hydrogen-bond acceptors (Lipinski definition) is 4. The summed E-state index contributed by atoms with van der Waals surface area (Å²) in [6, 6.07) is 0.0538. The van der Waals surface area contributed by atoms with Crippen molar-refractivity contribution in [1.82, 2.24) is 20.2 Å². The Kier molecular flexibility index (Phi) is 4.59. The first kappa shape index (κ1) is 15.9. The third kappa shape index (κ3) is 3.35. The number of rotatable bonds is 5. The molecule has 2 aliphatic rings. The summed E-state index contributed by atoms with van der Waals surface area (Å²) < 4.78 is 0. The van der Waals surface area contributed by atoms with Crippen LogP contribution in [0, 0.1) is 5.92 Å². The maximum atomic E-state index is 12.7. The number of nitrogens with zero attached hydrogens (tertiary/aromatic N) is 3. The molecule has 124 valence electrons. The highest BCUT2D eigenvalue weighted by atomic mass is 16.2. The van der Waals surface area contributed by atoms with Gasteiger partial charge in [-0.1, -0.05) is 0 Å². The Morgan fingerprint density at radius 2 is 2.04 bits per heavy atom. The average molecular weight is 316 g/mol. The van der Waals surface area contributed by atoms with Crippen LogP contribution in [-0.2, 0) is 16.0 Å². The Bertz CT molecular complexity index is 575. The number of carbonyl (C=O) groups is 2. The van der Waals surface area contributed by atoms with Crippen molar-refractivity contribution >= 4 is 11.8 Å². The second-order valence-electron chi connectivity index (χ2n) is 6.88. The summed E-state index contributed by atoms with van der Waals surface area (Å²) in [6.07, 6.45) is 9.02. The van der Waals surface area contributed by atoms with Gasteiger partial charge in [-0.15, -0.1) is 0 Å². The molecule has 1 aliphatic carbocycles. The van der Waals surface area contributed by atoms with Crippen molar-refractivity contribution in [2.45, 2.75) is 64.1 Å². The van der Waals surface area contributed by atoms with Crippen LogP contribution in [0.4, 0.5) is 0 Å². The minimum Gasteiger partial charge on any atom is -0.352 e. The molecule has 0 spiro atoms. The molecule has 1 saturated carbocycles. The molecule has 6 nitrogen and oxygen atoms in total. The van der Waals surface area contributed by atoms with Gasteiger partial charge in [0.1, 0.15) is 12.4 Å². The van der Waals surface area contributed by atoms with Crippen LogP contribution in [0.3, 0.4) is 0 Å². The molecular formula is C17H24N4O2. The van der Waals surface area contributed by atoms with E-state index in [4.69, 9.17) is 0 Å². The van der Waals surface area contributed by atoms with Crippen molar-refractivity contribution in [1.29, 1.82) is 0 Å². The third-order valence-corrected chi connectivity index (χ3v) is 4.81. The number of amides is 2. The fourth-order valence-corrected chi connectivity index (χ4v) is 3.89. The number of hydrogen-bond donors (Lipinski definition) is 1. The van der Waals surface area contributed by atoms with Gasteiger partial charge < -0.3 is 10.2 Å². The lowest BCUT2D eigenvalue weighted by molar-refractivity contribution is -0.143. The number of nitrogens with one attached hydrogen (secondary N) is 1. The molecule has 2 amide bonds. The first-order valence-corrected chi connectivity index (χ1v) is 8.41. The van der Waals surface area contributed by atoms with Gasteiger partial charge in [-0.3, -0.25) is 9.59 Å². The van der Waals surface area contributed by atoms with E-state index in [1.165, 1.54) is 6.33 Å². The van der Waals surface area contributed by atoms with Gasteiger partial charge in [-0.05, 0) is 51.0 Å². The first-order chi connectivity index (χ1) is 11.1. The molecule has 1 saturated heterocycles. The second-order valence-corrected chi connectivity index (χ2v) is 6.88. The van der Waals surface area contributed by atoms with E-state index in [-0.39, 0.29) is 29.9 Å². The fourth-order valence-electron chi connectivity index (χ4n) is 3.89. The smallest absolute Gasteiger partial charge is 0.243 e. The van der Waals surface area contributed by atoms with Gasteiger partial charge in [0.2, 0.25) is 11.8 Å². The molecule has 2 unspecified atom stereocenters. The Morgan fingerprint density at radius 1 is 1.30 bits per heavy atom. The van der Waals surface area contributed by atoms with Crippen LogP contribution in [-0.4, -0.2) is 44.8 Å². The lowest BCUT2D eigenvalue weighted by Crippen LogP contribution is -2.53. The maximum Gasteiger partial charge on any atom is 0.243 e. The molecule has 2 heterocycles. The summed E-state index contributed by atoms with van der Waals surface area (Å²) >= 11 is 0. The van der Waals surface area contributed by atoms with Crippen molar-refractivity contribution in [3.8, 4) is 0 Å². The van der Waals surface area contributed by atoms with Gasteiger partial charge in [0.25, 0.3) is 0 Å². The van der Waals surface area contributed by atoms with Crippen molar-refractivity contribution in [2.24, 2.45) is 5.92 Å². The monoisotopic (exact) mass is 316 g/mol. The Labute approximate surface area is 136 Å². The molecule has 1 aliphatic heterocycles. The van der Waals surface area contributed by atoms with Gasteiger partial charge in [0, 0.05) is 30.9 Å². The molecule has 2 fully saturated rings. The molecule has 3 atom stereocenters. The van der Waals surface area contributed by atoms with E-state index in [1.54, 1.807) is 12.4 Å². The predicted octanol–water partition coefficient (Wildman–Crippen LogP) is 1.31. The molecule has 2 bridgehead atoms. The number of carbonyl (C=O) groups excluding carboxylic acids is 2. The normalized spacial score (nSPS) is 25.9. The van der Waals surface area contributed by atoms with E-state index in [0.717, 1.165) is 24.8 Å². The lowest BCUT2D eigenvalue weighted by Gasteiger charge is -2.35. The third-order valence-electron chi connectivity index (χ3n) is 4.81. The van der Waals surface area contributed by atoms with Crippen LogP contribution in [0.15, 0.2) is 18.7 Å². The number of fused-ring (bicyclic) bond motifs is 2. The molecule has 1 aromatic rings. The van der Waals surface area contributed by atoms with Crippen molar-refractivity contribution < 1.29 is 9.59 Å². The van der Waals surface area contributed by atoms with Crippen molar-refractivity contribution in [2.75, 3.05) is 0 Å². The lowest BCUT2D eigenvalue weighted by atomic mass is 9.97. The summed E-state index contributed by atoms with van der Waals surface area (Å²) in [5.74, 6) is 0.399. The average Bonchev–Trinajstić information content (AvgIpc) is 3.14. The molecule has 0 aromatic carbocycles. The highest BCUT2D eigenvalue weighted by Crippen LogP contribution is 2.42. The zero-order valence-electron chi connectivity index (χ0n) is 13.7. The molecule has 0 radical (unpaired) electrons. The predicted molar refractivity (Wildman–Crippen MR) is 85.4 cm³/mol. The van der Waals surface area contributed by atoms with Gasteiger partial charge >= 0.3 is 0 Å². The summed E-state index contributed by atoms with van der Waals surface area (Å²) in [5.41, 5.74) is 0.952. The fraction of sp³-hybridized carbons (Fsp3) is 0.647. The molecule has 23 heavy (non-hydrogen) atoms. The molecule has 1 aromatic heterocycles. The minimum atomic E-state index is -0.282. The van der Waals surface area contributed by atoms with E-state index in [2.05, 4.69) is 15.3 Å². The molecule has 6 heteroatoms. The van der Waals surface area contributed by atoms with E-state index < -0.39 is 0 Å². The van der Waals surface area contributed by atoms with Gasteiger partial charge in [0.05, 0.1) is 0 Å². The summed E-state index contributed by atoms with van der Waals surface area (Å²) in [6.45, 7) is 3.90. The number of aryl methyl sites for hydroxylation is 1. The topological polar surface area (TPSA) is 75.2 Å². The summed E-state index contributed by atoms with van der Waals surface area (Å²) in [7, 11) is 0. The number of aromatic nitrogens is 2. The van der Waals surface area contributed by atoms with Crippen LogP contribution < -0.4 is 5.32 Å². The van der Waals surface area contributed by atoms with Gasteiger partial charge in [0.15, 0.2) is 0 Å². The second kappa shape index (κ2) is 6.64. The van der Waals surface area contributed by atoms with E-state index in [1.807, 2.05) is 18.7 Å².